The van der Waals surface area contributed by atoms with Crippen LogP contribution < -0.4 is 0 Å². The van der Waals surface area contributed by atoms with E-state index in [0.717, 1.165) is 29.6 Å². The van der Waals surface area contributed by atoms with Gasteiger partial charge in [-0.1, -0.05) is 84.5 Å². The second-order valence-corrected chi connectivity index (χ2v) is 12.3. The van der Waals surface area contributed by atoms with Crippen molar-refractivity contribution in [3.8, 4) is 6.07 Å². The Morgan fingerprint density at radius 2 is 1.06 bits per heavy atom. The lowest BCUT2D eigenvalue weighted by atomic mass is 9.62. The van der Waals surface area contributed by atoms with Crippen LogP contribution in [-0.4, -0.2) is 0 Å². The summed E-state index contributed by atoms with van der Waals surface area (Å²) in [7, 11) is 0. The Morgan fingerprint density at radius 3 is 1.56 bits per heavy atom. The molecule has 0 unspecified atom stereocenters. The predicted octanol–water partition coefficient (Wildman–Crippen LogP) is 10.2. The van der Waals surface area contributed by atoms with Gasteiger partial charge in [-0.3, -0.25) is 0 Å². The highest BCUT2D eigenvalue weighted by Crippen LogP contribution is 2.49. The van der Waals surface area contributed by atoms with E-state index >= 15 is 0 Å². The van der Waals surface area contributed by atoms with Crippen molar-refractivity contribution in [2.75, 3.05) is 0 Å². The van der Waals surface area contributed by atoms with E-state index in [-0.39, 0.29) is 5.41 Å². The molecule has 3 aliphatic carbocycles. The third-order valence-corrected chi connectivity index (χ3v) is 10.2. The third-order valence-electron chi connectivity index (χ3n) is 10.2. The van der Waals surface area contributed by atoms with E-state index < -0.39 is 0 Å². The maximum Gasteiger partial charge on any atom is 0.0689 e. The van der Waals surface area contributed by atoms with E-state index in [0.29, 0.717) is 0 Å². The van der Waals surface area contributed by atoms with Crippen molar-refractivity contribution in [1.29, 1.82) is 5.26 Å². The van der Waals surface area contributed by atoms with Gasteiger partial charge in [0.25, 0.3) is 0 Å². The molecule has 1 heteroatoms. The SMILES string of the molecule is CCCCCCCCC[C@]1(C#N)CC[C@H](C2CCC([C@H]3CC[C@H](CCC)CC3)CC2)CC1. The molecule has 0 heterocycles. The maximum atomic E-state index is 9.99. The van der Waals surface area contributed by atoms with Crippen LogP contribution in [0.2, 0.25) is 0 Å². The summed E-state index contributed by atoms with van der Waals surface area (Å²) in [4.78, 5) is 0. The minimum atomic E-state index is 0.0360. The third kappa shape index (κ3) is 7.77. The molecule has 0 aromatic carbocycles. The fourth-order valence-electron chi connectivity index (χ4n) is 7.95. The molecule has 0 atom stereocenters. The zero-order chi connectivity index (χ0) is 22.7. The number of hydrogen-bond acceptors (Lipinski definition) is 1. The van der Waals surface area contributed by atoms with E-state index in [1.807, 2.05) is 0 Å². The largest absolute Gasteiger partial charge is 0.198 e. The Kier molecular flexibility index (Phi) is 11.4. The second kappa shape index (κ2) is 14.0. The second-order valence-electron chi connectivity index (χ2n) is 12.3. The molecule has 0 aromatic heterocycles. The van der Waals surface area contributed by atoms with Crippen molar-refractivity contribution in [2.24, 2.45) is 35.0 Å². The highest BCUT2D eigenvalue weighted by Gasteiger charge is 2.39. The number of nitriles is 1. The van der Waals surface area contributed by atoms with Crippen LogP contribution in [0, 0.1) is 46.3 Å². The lowest BCUT2D eigenvalue weighted by molar-refractivity contribution is 0.0898. The summed E-state index contributed by atoms with van der Waals surface area (Å²) >= 11 is 0. The Morgan fingerprint density at radius 1 is 0.594 bits per heavy atom. The van der Waals surface area contributed by atoms with Gasteiger partial charge in [-0.15, -0.1) is 0 Å². The first kappa shape index (κ1) is 26.1. The average Bonchev–Trinajstić information content (AvgIpc) is 2.85. The minimum absolute atomic E-state index is 0.0360. The molecule has 0 N–H and O–H groups in total. The predicted molar refractivity (Wildman–Crippen MR) is 138 cm³/mol. The zero-order valence-corrected chi connectivity index (χ0v) is 21.9. The lowest BCUT2D eigenvalue weighted by Gasteiger charge is -2.43. The van der Waals surface area contributed by atoms with Crippen LogP contribution in [0.3, 0.4) is 0 Å². The Bertz CT molecular complexity index is 521. The Labute approximate surface area is 201 Å². The van der Waals surface area contributed by atoms with Gasteiger partial charge < -0.3 is 0 Å². The minimum Gasteiger partial charge on any atom is -0.198 e. The number of nitrogens with zero attached hydrogens (tertiary/aromatic N) is 1. The van der Waals surface area contributed by atoms with Gasteiger partial charge in [0.05, 0.1) is 11.5 Å². The van der Waals surface area contributed by atoms with E-state index in [1.54, 1.807) is 0 Å². The molecule has 3 aliphatic rings. The van der Waals surface area contributed by atoms with Gasteiger partial charge >= 0.3 is 0 Å². The van der Waals surface area contributed by atoms with Crippen molar-refractivity contribution in [3.63, 3.8) is 0 Å². The van der Waals surface area contributed by atoms with Crippen LogP contribution in [-0.2, 0) is 0 Å². The van der Waals surface area contributed by atoms with E-state index in [2.05, 4.69) is 19.9 Å². The van der Waals surface area contributed by atoms with Gasteiger partial charge in [0, 0.05) is 0 Å². The van der Waals surface area contributed by atoms with Gasteiger partial charge in [-0.25, -0.2) is 0 Å². The van der Waals surface area contributed by atoms with Crippen molar-refractivity contribution < 1.29 is 0 Å². The molecule has 3 fully saturated rings. The van der Waals surface area contributed by atoms with Crippen LogP contribution in [0.5, 0.6) is 0 Å². The van der Waals surface area contributed by atoms with Gasteiger partial charge in [0.2, 0.25) is 0 Å². The summed E-state index contributed by atoms with van der Waals surface area (Å²) in [5.74, 6) is 5.08. The number of hydrogen-bond donors (Lipinski definition) is 0. The van der Waals surface area contributed by atoms with Crippen molar-refractivity contribution in [2.45, 2.75) is 155 Å². The molecule has 0 aromatic rings. The van der Waals surface area contributed by atoms with Crippen molar-refractivity contribution in [3.05, 3.63) is 0 Å². The molecule has 0 bridgehead atoms. The van der Waals surface area contributed by atoms with E-state index in [9.17, 15) is 5.26 Å². The van der Waals surface area contributed by atoms with Crippen LogP contribution in [0.25, 0.3) is 0 Å². The molecule has 0 saturated heterocycles. The molecule has 184 valence electrons. The first-order valence-corrected chi connectivity index (χ1v) is 15.1. The molecule has 3 saturated carbocycles. The Hall–Kier alpha value is -0.510. The van der Waals surface area contributed by atoms with Crippen molar-refractivity contribution >= 4 is 0 Å². The number of unbranched alkanes of at least 4 members (excludes halogenated alkanes) is 6. The first-order chi connectivity index (χ1) is 15.7. The highest BCUT2D eigenvalue weighted by atomic mass is 14.5. The smallest absolute Gasteiger partial charge is 0.0689 e. The topological polar surface area (TPSA) is 23.8 Å². The average molecular weight is 442 g/mol. The number of rotatable bonds is 12. The summed E-state index contributed by atoms with van der Waals surface area (Å²) in [5.41, 5.74) is 0.0360. The van der Waals surface area contributed by atoms with Gasteiger partial charge in [-0.2, -0.15) is 5.26 Å². The molecule has 3 rings (SSSR count). The molecular weight excluding hydrogens is 386 g/mol. The Balaban J connectivity index is 1.32. The summed E-state index contributed by atoms with van der Waals surface area (Å²) < 4.78 is 0. The molecule has 0 aliphatic heterocycles. The fourth-order valence-corrected chi connectivity index (χ4v) is 7.95. The summed E-state index contributed by atoms with van der Waals surface area (Å²) in [6, 6.07) is 2.81. The van der Waals surface area contributed by atoms with Gasteiger partial charge in [0.1, 0.15) is 0 Å². The molecule has 1 nitrogen and oxygen atoms in total. The zero-order valence-electron chi connectivity index (χ0n) is 21.9. The summed E-state index contributed by atoms with van der Waals surface area (Å²) in [5, 5.41) is 9.99. The van der Waals surface area contributed by atoms with Gasteiger partial charge in [0.15, 0.2) is 0 Å². The van der Waals surface area contributed by atoms with E-state index in [4.69, 9.17) is 0 Å². The monoisotopic (exact) mass is 441 g/mol. The molecule has 32 heavy (non-hydrogen) atoms. The fraction of sp³-hybridized carbons (Fsp3) is 0.968. The lowest BCUT2D eigenvalue weighted by Crippen LogP contribution is -2.32. The van der Waals surface area contributed by atoms with Crippen LogP contribution in [0.4, 0.5) is 0 Å². The van der Waals surface area contributed by atoms with Crippen LogP contribution in [0.15, 0.2) is 0 Å². The van der Waals surface area contributed by atoms with Crippen LogP contribution >= 0.6 is 0 Å². The molecule has 0 amide bonds. The molecular formula is C31H55N. The highest BCUT2D eigenvalue weighted by molar-refractivity contribution is 5.02. The van der Waals surface area contributed by atoms with Crippen LogP contribution in [0.1, 0.15) is 155 Å². The standard InChI is InChI=1S/C31H55N/c1-3-5-6-7-8-9-10-22-31(25-32)23-20-30(21-24-31)29-18-16-28(17-19-29)27-14-12-26(11-4-2)13-15-27/h26-30H,3-24H2,1-2H3/t26-,27-,28?,29?,30-,31-. The molecule has 0 spiro atoms. The maximum absolute atomic E-state index is 9.99. The molecule has 0 radical (unpaired) electrons. The first-order valence-electron chi connectivity index (χ1n) is 15.1. The summed E-state index contributed by atoms with van der Waals surface area (Å²) in [6.07, 6.45) is 30.8. The summed E-state index contributed by atoms with van der Waals surface area (Å²) in [6.45, 7) is 4.65. The normalized spacial score (nSPS) is 36.0. The van der Waals surface area contributed by atoms with E-state index in [1.165, 1.54) is 141 Å². The van der Waals surface area contributed by atoms with Crippen molar-refractivity contribution in [1.82, 2.24) is 0 Å². The van der Waals surface area contributed by atoms with Gasteiger partial charge in [-0.05, 0) is 100 Å². The quantitative estimate of drug-likeness (QED) is 0.276.